The topological polar surface area (TPSA) is 0 Å². The fourth-order valence-electron chi connectivity index (χ4n) is 3.50. The van der Waals surface area contributed by atoms with Crippen molar-refractivity contribution in [3.63, 3.8) is 0 Å². The Hall–Kier alpha value is -1.38. The van der Waals surface area contributed by atoms with Crippen molar-refractivity contribution in [2.45, 2.75) is 25.1 Å². The predicted octanol–water partition coefficient (Wildman–Crippen LogP) is 3.60. The summed E-state index contributed by atoms with van der Waals surface area (Å²) in [5.74, 6) is 0. The van der Waals surface area contributed by atoms with Crippen molar-refractivity contribution in [2.24, 2.45) is 0 Å². The molecule has 3 aromatic carbocycles. The van der Waals surface area contributed by atoms with E-state index in [9.17, 15) is 0 Å². The maximum atomic E-state index is 3.39. The summed E-state index contributed by atoms with van der Waals surface area (Å²) >= 11 is 5.35. The molecule has 0 unspecified atom stereocenters. The van der Waals surface area contributed by atoms with Gasteiger partial charge >= 0.3 is 171 Å². The van der Waals surface area contributed by atoms with E-state index in [2.05, 4.69) is 120 Å². The van der Waals surface area contributed by atoms with Gasteiger partial charge in [-0.25, -0.2) is 0 Å². The molecular weight excluding hydrogens is 415 g/mol. The van der Waals surface area contributed by atoms with E-state index >= 15 is 0 Å². The van der Waals surface area contributed by atoms with Gasteiger partial charge in [-0.1, -0.05) is 0 Å². The summed E-state index contributed by atoms with van der Waals surface area (Å²) in [4.78, 5) is 0. The Morgan fingerprint density at radius 1 is 0.731 bits per heavy atom. The van der Waals surface area contributed by atoms with E-state index in [1.54, 1.807) is 0 Å². The van der Waals surface area contributed by atoms with E-state index < -0.39 is 8.07 Å². The molecule has 3 aromatic rings. The third kappa shape index (κ3) is 4.29. The Morgan fingerprint density at radius 3 is 1.38 bits per heavy atom. The van der Waals surface area contributed by atoms with Gasteiger partial charge in [0.15, 0.2) is 0 Å². The van der Waals surface area contributed by atoms with E-state index in [0.29, 0.717) is 5.25 Å². The van der Waals surface area contributed by atoms with Crippen molar-refractivity contribution in [2.75, 3.05) is 0 Å². The zero-order valence-corrected chi connectivity index (χ0v) is 18.8. The van der Waals surface area contributed by atoms with Crippen molar-refractivity contribution in [3.8, 4) is 0 Å². The number of benzene rings is 3. The fraction of sp³-hybridized carbons (Fsp3) is 0.174. The zero-order valence-electron chi connectivity index (χ0n) is 15.3. The van der Waals surface area contributed by atoms with Gasteiger partial charge < -0.3 is 0 Å². The molecule has 0 atom stereocenters. The van der Waals surface area contributed by atoms with Gasteiger partial charge in [-0.15, -0.1) is 0 Å². The van der Waals surface area contributed by atoms with E-state index in [1.807, 2.05) is 11.8 Å². The average molecular weight is 440 g/mol. The van der Waals surface area contributed by atoms with Crippen LogP contribution in [0.2, 0.25) is 6.04 Å². The SMILES string of the molecule is CC(C)SC(=[Se])C[Si](c1ccccc1)(c1ccccc1)c1ccccc1. The fourth-order valence-corrected chi connectivity index (χ4v) is 11.9. The van der Waals surface area contributed by atoms with Crippen LogP contribution in [0, 0.1) is 0 Å². The second kappa shape index (κ2) is 9.01. The van der Waals surface area contributed by atoms with Crippen LogP contribution < -0.4 is 15.6 Å². The number of rotatable bonds is 7. The molecule has 3 heteroatoms. The van der Waals surface area contributed by atoms with E-state index in [0.717, 1.165) is 6.04 Å². The Kier molecular flexibility index (Phi) is 6.72. The van der Waals surface area contributed by atoms with Crippen molar-refractivity contribution < 1.29 is 0 Å². The molecule has 0 heterocycles. The Labute approximate surface area is 170 Å². The number of thioether (sulfide) groups is 1. The van der Waals surface area contributed by atoms with Gasteiger partial charge in [0, 0.05) is 0 Å². The second-order valence-corrected chi connectivity index (χ2v) is 13.9. The van der Waals surface area contributed by atoms with Crippen molar-refractivity contribution >= 4 is 54.7 Å². The van der Waals surface area contributed by atoms with Gasteiger partial charge in [-0.05, 0) is 0 Å². The first-order chi connectivity index (χ1) is 12.6. The minimum atomic E-state index is -2.14. The van der Waals surface area contributed by atoms with Gasteiger partial charge in [0.2, 0.25) is 0 Å². The summed E-state index contributed by atoms with van der Waals surface area (Å²) in [5.41, 5.74) is 0. The molecule has 132 valence electrons. The van der Waals surface area contributed by atoms with Gasteiger partial charge in [0.25, 0.3) is 0 Å². The molecule has 0 spiro atoms. The summed E-state index contributed by atoms with van der Waals surface area (Å²) in [7, 11) is -2.14. The Morgan fingerprint density at radius 2 is 1.08 bits per heavy atom. The molecule has 0 amide bonds. The quantitative estimate of drug-likeness (QED) is 0.401. The molecule has 0 N–H and O–H groups in total. The maximum absolute atomic E-state index is 3.39. The Bertz CT molecular complexity index is 735. The van der Waals surface area contributed by atoms with Crippen LogP contribution in [0.4, 0.5) is 0 Å². The normalized spacial score (nSPS) is 11.5. The molecule has 0 bridgehead atoms. The molecule has 0 aliphatic heterocycles. The molecule has 3 rings (SSSR count). The molecule has 26 heavy (non-hydrogen) atoms. The molecule has 0 saturated carbocycles. The number of hydrogen-bond acceptors (Lipinski definition) is 1. The average Bonchev–Trinajstić information content (AvgIpc) is 2.67. The third-order valence-corrected chi connectivity index (χ3v) is 12.0. The third-order valence-electron chi connectivity index (χ3n) is 4.58. The summed E-state index contributed by atoms with van der Waals surface area (Å²) in [6.45, 7) is 4.53. The van der Waals surface area contributed by atoms with E-state index in [1.165, 1.54) is 19.3 Å². The standard InChI is InChI=1S/C23H24SSeSi/c1-19(2)24-23(25)18-26(20-12-6-3-7-13-20,21-14-8-4-9-15-21)22-16-10-5-11-17-22/h3-17,19H,18H2,1-2H3. The van der Waals surface area contributed by atoms with Gasteiger partial charge in [0.05, 0.1) is 0 Å². The molecule has 0 radical (unpaired) electrons. The van der Waals surface area contributed by atoms with Crippen LogP contribution in [0.25, 0.3) is 0 Å². The molecule has 0 saturated heterocycles. The van der Waals surface area contributed by atoms with Crippen LogP contribution in [0.15, 0.2) is 91.0 Å². The second-order valence-electron chi connectivity index (χ2n) is 6.72. The molecule has 0 fully saturated rings. The van der Waals surface area contributed by atoms with Gasteiger partial charge in [-0.3, -0.25) is 0 Å². The van der Waals surface area contributed by atoms with Crippen molar-refractivity contribution in [1.29, 1.82) is 0 Å². The Balaban J connectivity index is 2.23. The monoisotopic (exact) mass is 440 g/mol. The van der Waals surface area contributed by atoms with Crippen molar-refractivity contribution in [3.05, 3.63) is 91.0 Å². The summed E-state index contributed by atoms with van der Waals surface area (Å²) in [5, 5.41) is 4.98. The summed E-state index contributed by atoms with van der Waals surface area (Å²) in [6.07, 6.45) is 0. The predicted molar refractivity (Wildman–Crippen MR) is 122 cm³/mol. The zero-order chi connectivity index (χ0) is 18.4. The van der Waals surface area contributed by atoms with E-state index in [-0.39, 0.29) is 0 Å². The summed E-state index contributed by atoms with van der Waals surface area (Å²) < 4.78 is 1.41. The van der Waals surface area contributed by atoms with E-state index in [4.69, 9.17) is 0 Å². The molecule has 0 aromatic heterocycles. The first-order valence-electron chi connectivity index (χ1n) is 8.99. The van der Waals surface area contributed by atoms with Crippen LogP contribution in [0.3, 0.4) is 0 Å². The van der Waals surface area contributed by atoms with Crippen LogP contribution in [-0.4, -0.2) is 32.6 Å². The van der Waals surface area contributed by atoms with Crippen LogP contribution in [-0.2, 0) is 0 Å². The molecule has 0 aliphatic carbocycles. The van der Waals surface area contributed by atoms with Crippen molar-refractivity contribution in [1.82, 2.24) is 0 Å². The first kappa shape index (κ1) is 19.4. The minimum absolute atomic E-state index is 0.584. The van der Waals surface area contributed by atoms with Crippen LogP contribution >= 0.6 is 11.8 Å². The molecule has 0 aliphatic rings. The molecular formula is C23H24SSeSi. The van der Waals surface area contributed by atoms with Gasteiger partial charge in [-0.2, -0.15) is 0 Å². The first-order valence-corrected chi connectivity index (χ1v) is 12.9. The van der Waals surface area contributed by atoms with Crippen LogP contribution in [0.5, 0.6) is 0 Å². The number of hydrogen-bond donors (Lipinski definition) is 0. The van der Waals surface area contributed by atoms with Crippen LogP contribution in [0.1, 0.15) is 13.8 Å². The summed E-state index contributed by atoms with van der Waals surface area (Å²) in [6, 6.07) is 34.4. The van der Waals surface area contributed by atoms with Gasteiger partial charge in [0.1, 0.15) is 0 Å². The molecule has 0 nitrogen and oxygen atoms in total.